The van der Waals surface area contributed by atoms with Gasteiger partial charge >= 0.3 is 0 Å². The summed E-state index contributed by atoms with van der Waals surface area (Å²) < 4.78 is 20.1. The molecule has 32 heavy (non-hydrogen) atoms. The summed E-state index contributed by atoms with van der Waals surface area (Å²) in [5.41, 5.74) is 2.89. The number of nitrogens with zero attached hydrogens (tertiary/aromatic N) is 2. The number of furan rings is 1. The second kappa shape index (κ2) is 10.4. The molecule has 0 radical (unpaired) electrons. The standard InChI is InChI=1S/C25H29ClFN3O2/c1-2-18-7-5-8-21(24(18)26)30-14-12-29(13-15-30)17-20(27)10-11-28-25(31)23-16-19-6-3-4-9-22(19)32-23/h3-9,16,20H,2,10-15,17H2,1H3,(H,28,31). The number of rotatable bonds is 8. The van der Waals surface area contributed by atoms with Crippen LogP contribution in [0, 0.1) is 0 Å². The molecule has 0 aliphatic carbocycles. The van der Waals surface area contributed by atoms with Gasteiger partial charge < -0.3 is 14.6 Å². The number of anilines is 1. The second-order valence-electron chi connectivity index (χ2n) is 8.18. The lowest BCUT2D eigenvalue weighted by Gasteiger charge is -2.37. The maximum atomic E-state index is 14.5. The molecule has 1 aromatic heterocycles. The van der Waals surface area contributed by atoms with Gasteiger partial charge in [0.15, 0.2) is 5.76 Å². The van der Waals surface area contributed by atoms with E-state index in [-0.39, 0.29) is 24.6 Å². The molecule has 1 fully saturated rings. The Kier molecular flexibility index (Phi) is 7.33. The number of amides is 1. The Balaban J connectivity index is 1.20. The predicted octanol–water partition coefficient (Wildman–Crippen LogP) is 4.93. The van der Waals surface area contributed by atoms with Crippen LogP contribution >= 0.6 is 11.6 Å². The van der Waals surface area contributed by atoms with Crippen LogP contribution in [0.1, 0.15) is 29.5 Å². The molecule has 0 bridgehead atoms. The SMILES string of the molecule is CCc1cccc(N2CCN(CC(F)CCNC(=O)c3cc4ccccc4o3)CC2)c1Cl. The Morgan fingerprint density at radius 2 is 1.94 bits per heavy atom. The van der Waals surface area contributed by atoms with E-state index in [1.54, 1.807) is 6.07 Å². The number of piperazine rings is 1. The first kappa shape index (κ1) is 22.6. The molecule has 2 aromatic carbocycles. The van der Waals surface area contributed by atoms with Crippen molar-refractivity contribution in [2.45, 2.75) is 25.9 Å². The van der Waals surface area contributed by atoms with Crippen LogP contribution in [-0.2, 0) is 6.42 Å². The van der Waals surface area contributed by atoms with Gasteiger partial charge in [0, 0.05) is 44.7 Å². The van der Waals surface area contributed by atoms with Crippen LogP contribution in [0.4, 0.5) is 10.1 Å². The molecule has 1 atom stereocenters. The summed E-state index contributed by atoms with van der Waals surface area (Å²) in [5, 5.41) is 4.46. The van der Waals surface area contributed by atoms with Crippen LogP contribution in [-0.4, -0.2) is 56.2 Å². The molecule has 1 unspecified atom stereocenters. The first-order valence-corrected chi connectivity index (χ1v) is 11.6. The van der Waals surface area contributed by atoms with Gasteiger partial charge in [0.25, 0.3) is 5.91 Å². The van der Waals surface area contributed by atoms with E-state index in [0.717, 1.165) is 54.3 Å². The smallest absolute Gasteiger partial charge is 0.287 e. The van der Waals surface area contributed by atoms with Crippen molar-refractivity contribution in [2.24, 2.45) is 0 Å². The van der Waals surface area contributed by atoms with E-state index in [1.165, 1.54) is 0 Å². The van der Waals surface area contributed by atoms with Crippen molar-refractivity contribution in [3.8, 4) is 0 Å². The number of fused-ring (bicyclic) bond motifs is 1. The second-order valence-corrected chi connectivity index (χ2v) is 8.56. The highest BCUT2D eigenvalue weighted by molar-refractivity contribution is 6.34. The molecular weight excluding hydrogens is 429 g/mol. The molecule has 2 heterocycles. The Labute approximate surface area is 193 Å². The van der Waals surface area contributed by atoms with Crippen molar-refractivity contribution < 1.29 is 13.6 Å². The molecule has 7 heteroatoms. The van der Waals surface area contributed by atoms with Crippen LogP contribution in [0.2, 0.25) is 5.02 Å². The number of hydrogen-bond donors (Lipinski definition) is 1. The van der Waals surface area contributed by atoms with Gasteiger partial charge in [0.2, 0.25) is 0 Å². The average Bonchev–Trinajstić information content (AvgIpc) is 3.24. The number of hydrogen-bond acceptors (Lipinski definition) is 4. The number of nitrogens with one attached hydrogen (secondary N) is 1. The average molecular weight is 458 g/mol. The summed E-state index contributed by atoms with van der Waals surface area (Å²) in [4.78, 5) is 16.7. The van der Waals surface area contributed by atoms with Gasteiger partial charge in [-0.3, -0.25) is 9.69 Å². The van der Waals surface area contributed by atoms with Gasteiger partial charge in [0.1, 0.15) is 11.8 Å². The number of para-hydroxylation sites is 1. The zero-order valence-electron chi connectivity index (χ0n) is 18.3. The quantitative estimate of drug-likeness (QED) is 0.521. The monoisotopic (exact) mass is 457 g/mol. The van der Waals surface area contributed by atoms with Gasteiger partial charge in [-0.1, -0.05) is 48.9 Å². The number of alkyl halides is 1. The summed E-state index contributed by atoms with van der Waals surface area (Å²) >= 11 is 6.56. The van der Waals surface area contributed by atoms with Crippen LogP contribution < -0.4 is 10.2 Å². The lowest BCUT2D eigenvalue weighted by atomic mass is 10.1. The molecule has 0 saturated carbocycles. The van der Waals surface area contributed by atoms with Gasteiger partial charge in [0.05, 0.1) is 10.7 Å². The minimum absolute atomic E-state index is 0.253. The molecule has 1 aliphatic heterocycles. The molecule has 4 rings (SSSR count). The normalized spacial score (nSPS) is 15.8. The number of benzene rings is 2. The van der Waals surface area contributed by atoms with Crippen molar-refractivity contribution in [1.29, 1.82) is 0 Å². The molecular formula is C25H29ClFN3O2. The number of carbonyl (C=O) groups excluding carboxylic acids is 1. The molecule has 1 aliphatic rings. The lowest BCUT2D eigenvalue weighted by Crippen LogP contribution is -2.48. The van der Waals surface area contributed by atoms with E-state index in [1.807, 2.05) is 30.3 Å². The van der Waals surface area contributed by atoms with Crippen molar-refractivity contribution in [3.05, 3.63) is 64.9 Å². The van der Waals surface area contributed by atoms with Gasteiger partial charge in [-0.15, -0.1) is 0 Å². The number of aryl methyl sites for hydroxylation is 1. The highest BCUT2D eigenvalue weighted by Gasteiger charge is 2.22. The molecule has 170 valence electrons. The minimum Gasteiger partial charge on any atom is -0.451 e. The minimum atomic E-state index is -0.996. The first-order valence-electron chi connectivity index (χ1n) is 11.2. The highest BCUT2D eigenvalue weighted by atomic mass is 35.5. The Bertz CT molecular complexity index is 1030. The zero-order valence-corrected chi connectivity index (χ0v) is 19.1. The van der Waals surface area contributed by atoms with Gasteiger partial charge in [-0.05, 0) is 36.6 Å². The molecule has 1 amide bonds. The molecule has 3 aromatic rings. The van der Waals surface area contributed by atoms with Gasteiger partial charge in [-0.2, -0.15) is 0 Å². The van der Waals surface area contributed by atoms with Crippen molar-refractivity contribution >= 4 is 34.2 Å². The summed E-state index contributed by atoms with van der Waals surface area (Å²) in [7, 11) is 0. The van der Waals surface area contributed by atoms with E-state index in [2.05, 4.69) is 34.2 Å². The summed E-state index contributed by atoms with van der Waals surface area (Å²) in [5.74, 6) is -0.0586. The fourth-order valence-electron chi connectivity index (χ4n) is 4.15. The van der Waals surface area contributed by atoms with E-state index < -0.39 is 6.17 Å². The highest BCUT2D eigenvalue weighted by Crippen LogP contribution is 2.30. The lowest BCUT2D eigenvalue weighted by molar-refractivity contribution is 0.0922. The van der Waals surface area contributed by atoms with E-state index in [9.17, 15) is 9.18 Å². The van der Waals surface area contributed by atoms with Crippen molar-refractivity contribution in [1.82, 2.24) is 10.2 Å². The zero-order chi connectivity index (χ0) is 22.5. The van der Waals surface area contributed by atoms with E-state index in [0.29, 0.717) is 12.1 Å². The molecule has 1 saturated heterocycles. The van der Waals surface area contributed by atoms with Crippen LogP contribution in [0.5, 0.6) is 0 Å². The predicted molar refractivity (Wildman–Crippen MR) is 128 cm³/mol. The summed E-state index contributed by atoms with van der Waals surface area (Å²) in [6.07, 6.45) is 0.184. The van der Waals surface area contributed by atoms with Crippen LogP contribution in [0.25, 0.3) is 11.0 Å². The van der Waals surface area contributed by atoms with Crippen molar-refractivity contribution in [2.75, 3.05) is 44.2 Å². The fraction of sp³-hybridized carbons (Fsp3) is 0.400. The summed E-state index contributed by atoms with van der Waals surface area (Å²) in [6, 6.07) is 15.3. The molecule has 1 N–H and O–H groups in total. The third kappa shape index (κ3) is 5.25. The Hall–Kier alpha value is -2.57. The maximum Gasteiger partial charge on any atom is 0.287 e. The van der Waals surface area contributed by atoms with Crippen LogP contribution in [0.15, 0.2) is 52.9 Å². The van der Waals surface area contributed by atoms with E-state index >= 15 is 0 Å². The summed E-state index contributed by atoms with van der Waals surface area (Å²) in [6.45, 7) is 5.97. The number of halogens is 2. The fourth-order valence-corrected chi connectivity index (χ4v) is 4.53. The van der Waals surface area contributed by atoms with E-state index in [4.69, 9.17) is 16.0 Å². The third-order valence-electron chi connectivity index (χ3n) is 6.00. The first-order chi connectivity index (χ1) is 15.5. The Morgan fingerprint density at radius 1 is 1.16 bits per heavy atom. The third-order valence-corrected chi connectivity index (χ3v) is 6.44. The topological polar surface area (TPSA) is 48.7 Å². The largest absolute Gasteiger partial charge is 0.451 e. The van der Waals surface area contributed by atoms with Crippen molar-refractivity contribution in [3.63, 3.8) is 0 Å². The van der Waals surface area contributed by atoms with Crippen LogP contribution in [0.3, 0.4) is 0 Å². The molecule has 5 nitrogen and oxygen atoms in total. The Morgan fingerprint density at radius 3 is 2.69 bits per heavy atom. The number of carbonyl (C=O) groups is 1. The van der Waals surface area contributed by atoms with Gasteiger partial charge in [-0.25, -0.2) is 4.39 Å². The maximum absolute atomic E-state index is 14.5. The molecule has 0 spiro atoms.